The molecule has 17 heavy (non-hydrogen) atoms. The number of hydrogen-bond acceptors (Lipinski definition) is 3. The van der Waals surface area contributed by atoms with E-state index in [1.54, 1.807) is 0 Å². The molecule has 98 valence electrons. The van der Waals surface area contributed by atoms with E-state index in [1.807, 2.05) is 6.92 Å². The van der Waals surface area contributed by atoms with Crippen LogP contribution in [0.3, 0.4) is 0 Å². The molecule has 0 spiro atoms. The molecule has 0 amide bonds. The van der Waals surface area contributed by atoms with Crippen molar-refractivity contribution in [3.8, 4) is 0 Å². The minimum atomic E-state index is -0.412. The van der Waals surface area contributed by atoms with E-state index in [1.165, 1.54) is 38.5 Å². The molecule has 1 heterocycles. The number of hydrogen-bond donors (Lipinski definition) is 1. The normalized spacial score (nSPS) is 31.1. The first-order valence-electron chi connectivity index (χ1n) is 7.13. The largest absolute Gasteiger partial charge is 0.464 e. The quantitative estimate of drug-likeness (QED) is 0.608. The van der Waals surface area contributed by atoms with Crippen molar-refractivity contribution >= 4 is 5.97 Å². The Hall–Kier alpha value is -0.570. The third kappa shape index (κ3) is 3.44. The summed E-state index contributed by atoms with van der Waals surface area (Å²) in [7, 11) is 0. The van der Waals surface area contributed by atoms with Gasteiger partial charge in [0.1, 0.15) is 5.54 Å². The van der Waals surface area contributed by atoms with Gasteiger partial charge in [-0.15, -0.1) is 0 Å². The van der Waals surface area contributed by atoms with Crippen LogP contribution in [0.1, 0.15) is 58.3 Å². The van der Waals surface area contributed by atoms with E-state index in [2.05, 4.69) is 5.32 Å². The highest BCUT2D eigenvalue weighted by atomic mass is 16.5. The fourth-order valence-electron chi connectivity index (χ4n) is 2.95. The minimum Gasteiger partial charge on any atom is -0.464 e. The van der Waals surface area contributed by atoms with Crippen molar-refractivity contribution in [2.24, 2.45) is 5.92 Å². The maximum Gasteiger partial charge on any atom is 0.326 e. The molecular weight excluding hydrogens is 214 g/mol. The molecule has 1 unspecified atom stereocenters. The van der Waals surface area contributed by atoms with Crippen molar-refractivity contribution in [1.82, 2.24) is 5.32 Å². The summed E-state index contributed by atoms with van der Waals surface area (Å²) in [5.74, 6) is 0.561. The van der Waals surface area contributed by atoms with Gasteiger partial charge in [-0.05, 0) is 45.1 Å². The Kier molecular flexibility index (Phi) is 4.43. The molecule has 1 saturated carbocycles. The molecule has 2 fully saturated rings. The SMILES string of the molecule is CC1(C(=O)OCC2CCCCCC2)CCCN1. The van der Waals surface area contributed by atoms with Gasteiger partial charge < -0.3 is 10.1 Å². The van der Waals surface area contributed by atoms with Crippen molar-refractivity contribution in [2.45, 2.75) is 63.8 Å². The molecule has 0 aromatic heterocycles. The molecule has 1 atom stereocenters. The Labute approximate surface area is 104 Å². The van der Waals surface area contributed by atoms with Gasteiger partial charge in [-0.3, -0.25) is 4.79 Å². The number of rotatable bonds is 3. The van der Waals surface area contributed by atoms with E-state index >= 15 is 0 Å². The zero-order valence-electron chi connectivity index (χ0n) is 11.0. The van der Waals surface area contributed by atoms with Crippen molar-refractivity contribution in [3.63, 3.8) is 0 Å². The summed E-state index contributed by atoms with van der Waals surface area (Å²) in [6, 6.07) is 0. The summed E-state index contributed by atoms with van der Waals surface area (Å²) in [6.45, 7) is 3.54. The topological polar surface area (TPSA) is 38.3 Å². The fourth-order valence-corrected chi connectivity index (χ4v) is 2.95. The van der Waals surface area contributed by atoms with E-state index in [9.17, 15) is 4.79 Å². The zero-order valence-corrected chi connectivity index (χ0v) is 11.0. The van der Waals surface area contributed by atoms with Crippen LogP contribution in [0.4, 0.5) is 0 Å². The second-order valence-corrected chi connectivity index (χ2v) is 5.82. The second-order valence-electron chi connectivity index (χ2n) is 5.82. The lowest BCUT2D eigenvalue weighted by Gasteiger charge is -2.23. The van der Waals surface area contributed by atoms with Crippen LogP contribution in [0.2, 0.25) is 0 Å². The molecule has 0 radical (unpaired) electrons. The summed E-state index contributed by atoms with van der Waals surface area (Å²) < 4.78 is 5.52. The van der Waals surface area contributed by atoms with Gasteiger partial charge in [-0.1, -0.05) is 25.7 Å². The fraction of sp³-hybridized carbons (Fsp3) is 0.929. The van der Waals surface area contributed by atoms with Gasteiger partial charge in [-0.2, -0.15) is 0 Å². The number of nitrogens with one attached hydrogen (secondary N) is 1. The molecule has 1 saturated heterocycles. The Morgan fingerprint density at radius 1 is 1.24 bits per heavy atom. The molecule has 0 aromatic rings. The van der Waals surface area contributed by atoms with Crippen LogP contribution in [-0.2, 0) is 9.53 Å². The number of carbonyl (C=O) groups excluding carboxylic acids is 1. The van der Waals surface area contributed by atoms with Crippen LogP contribution in [0.5, 0.6) is 0 Å². The molecular formula is C14H25NO2. The Bertz CT molecular complexity index is 251. The average molecular weight is 239 g/mol. The number of esters is 1. The monoisotopic (exact) mass is 239 g/mol. The standard InChI is InChI=1S/C14H25NO2/c1-14(9-6-10-15-14)13(16)17-11-12-7-4-2-3-5-8-12/h12,15H,2-11H2,1H3. The molecule has 1 aliphatic heterocycles. The molecule has 0 aromatic carbocycles. The van der Waals surface area contributed by atoms with Gasteiger partial charge in [0.2, 0.25) is 0 Å². The average Bonchev–Trinajstić information content (AvgIpc) is 2.63. The predicted octanol–water partition coefficient (Wildman–Crippen LogP) is 2.64. The van der Waals surface area contributed by atoms with E-state index in [0.717, 1.165) is 19.4 Å². The summed E-state index contributed by atoms with van der Waals surface area (Å²) in [5.41, 5.74) is -0.412. The highest BCUT2D eigenvalue weighted by molar-refractivity contribution is 5.80. The molecule has 2 aliphatic rings. The van der Waals surface area contributed by atoms with Crippen molar-refractivity contribution in [3.05, 3.63) is 0 Å². The van der Waals surface area contributed by atoms with Crippen molar-refractivity contribution in [2.75, 3.05) is 13.2 Å². The lowest BCUT2D eigenvalue weighted by Crippen LogP contribution is -2.46. The molecule has 1 aliphatic carbocycles. The molecule has 0 bridgehead atoms. The zero-order chi connectivity index (χ0) is 12.1. The Morgan fingerprint density at radius 2 is 1.94 bits per heavy atom. The third-order valence-electron chi connectivity index (χ3n) is 4.24. The molecule has 3 nitrogen and oxygen atoms in total. The number of ether oxygens (including phenoxy) is 1. The number of carbonyl (C=O) groups is 1. The van der Waals surface area contributed by atoms with Crippen molar-refractivity contribution in [1.29, 1.82) is 0 Å². The van der Waals surface area contributed by atoms with Gasteiger partial charge in [0, 0.05) is 0 Å². The van der Waals surface area contributed by atoms with Gasteiger partial charge in [0.25, 0.3) is 0 Å². The van der Waals surface area contributed by atoms with Gasteiger partial charge in [0.15, 0.2) is 0 Å². The molecule has 3 heteroatoms. The van der Waals surface area contributed by atoms with Crippen molar-refractivity contribution < 1.29 is 9.53 Å². The summed E-state index contributed by atoms with van der Waals surface area (Å²) in [4.78, 5) is 12.0. The first-order chi connectivity index (χ1) is 8.21. The smallest absolute Gasteiger partial charge is 0.326 e. The van der Waals surface area contributed by atoms with Crippen LogP contribution in [-0.4, -0.2) is 24.7 Å². The third-order valence-corrected chi connectivity index (χ3v) is 4.24. The maximum absolute atomic E-state index is 12.0. The van der Waals surface area contributed by atoms with Crippen LogP contribution in [0.15, 0.2) is 0 Å². The molecule has 2 rings (SSSR count). The van der Waals surface area contributed by atoms with E-state index < -0.39 is 5.54 Å². The first-order valence-corrected chi connectivity index (χ1v) is 7.13. The van der Waals surface area contributed by atoms with E-state index in [-0.39, 0.29) is 5.97 Å². The van der Waals surface area contributed by atoms with E-state index in [0.29, 0.717) is 12.5 Å². The highest BCUT2D eigenvalue weighted by Crippen LogP contribution is 2.25. The Morgan fingerprint density at radius 3 is 2.53 bits per heavy atom. The predicted molar refractivity (Wildman–Crippen MR) is 67.8 cm³/mol. The summed E-state index contributed by atoms with van der Waals surface area (Å²) in [6.07, 6.45) is 9.77. The van der Waals surface area contributed by atoms with E-state index in [4.69, 9.17) is 4.74 Å². The second kappa shape index (κ2) is 5.85. The van der Waals surface area contributed by atoms with Gasteiger partial charge >= 0.3 is 5.97 Å². The maximum atomic E-state index is 12.0. The van der Waals surface area contributed by atoms with Gasteiger partial charge in [0.05, 0.1) is 6.61 Å². The van der Waals surface area contributed by atoms with Crippen LogP contribution in [0.25, 0.3) is 0 Å². The van der Waals surface area contributed by atoms with Crippen LogP contribution >= 0.6 is 0 Å². The lowest BCUT2D eigenvalue weighted by molar-refractivity contribution is -0.151. The summed E-state index contributed by atoms with van der Waals surface area (Å²) >= 11 is 0. The molecule has 1 N–H and O–H groups in total. The minimum absolute atomic E-state index is 0.0424. The Balaban J connectivity index is 1.75. The summed E-state index contributed by atoms with van der Waals surface area (Å²) in [5, 5.41) is 3.26. The van der Waals surface area contributed by atoms with Crippen LogP contribution < -0.4 is 5.32 Å². The van der Waals surface area contributed by atoms with Gasteiger partial charge in [-0.25, -0.2) is 0 Å². The lowest BCUT2D eigenvalue weighted by atomic mass is 10.00. The first kappa shape index (κ1) is 12.9. The van der Waals surface area contributed by atoms with Crippen LogP contribution in [0, 0.1) is 5.92 Å². The highest BCUT2D eigenvalue weighted by Gasteiger charge is 2.37.